The highest BCUT2D eigenvalue weighted by Gasteiger charge is 2.19. The van der Waals surface area contributed by atoms with Crippen LogP contribution in [0.3, 0.4) is 0 Å². The lowest BCUT2D eigenvalue weighted by atomic mass is 10.1. The fraction of sp³-hybridized carbons (Fsp3) is 0.375. The van der Waals surface area contributed by atoms with E-state index < -0.39 is 5.97 Å². The first-order chi connectivity index (χ1) is 14.8. The Kier molecular flexibility index (Phi) is 6.95. The summed E-state index contributed by atoms with van der Waals surface area (Å²) in [6.45, 7) is 5.82. The van der Waals surface area contributed by atoms with Crippen LogP contribution < -0.4 is 0 Å². The number of carbonyl (C=O) groups is 3. The number of aryl methyl sites for hydroxylation is 2. The van der Waals surface area contributed by atoms with E-state index in [9.17, 15) is 14.4 Å². The third kappa shape index (κ3) is 5.05. The van der Waals surface area contributed by atoms with Crippen molar-refractivity contribution < 1.29 is 28.3 Å². The topological polar surface area (TPSA) is 87.7 Å². The third-order valence-corrected chi connectivity index (χ3v) is 5.47. The van der Waals surface area contributed by atoms with E-state index in [2.05, 4.69) is 11.7 Å². The summed E-state index contributed by atoms with van der Waals surface area (Å²) in [6, 6.07) is 7.65. The summed E-state index contributed by atoms with van der Waals surface area (Å²) in [5.41, 5.74) is 4.69. The van der Waals surface area contributed by atoms with Crippen molar-refractivity contribution in [3.05, 3.63) is 58.6 Å². The molecule has 164 valence electrons. The van der Waals surface area contributed by atoms with E-state index in [1.807, 2.05) is 36.6 Å². The van der Waals surface area contributed by atoms with Crippen molar-refractivity contribution in [2.75, 3.05) is 13.7 Å². The molecular weight excluding hydrogens is 398 g/mol. The largest absolute Gasteiger partial charge is 0.469 e. The fourth-order valence-electron chi connectivity index (χ4n) is 3.65. The Bertz CT molecular complexity index is 1120. The molecule has 3 aromatic rings. The molecule has 7 nitrogen and oxygen atoms in total. The first-order valence-electron chi connectivity index (χ1n) is 10.2. The Morgan fingerprint density at radius 2 is 1.87 bits per heavy atom. The maximum Gasteiger partial charge on any atom is 0.310 e. The van der Waals surface area contributed by atoms with Crippen LogP contribution in [0.2, 0.25) is 0 Å². The molecule has 3 rings (SSSR count). The third-order valence-electron chi connectivity index (χ3n) is 5.47. The number of carbonyl (C=O) groups excluding carboxylic acids is 3. The van der Waals surface area contributed by atoms with Gasteiger partial charge >= 0.3 is 11.9 Å². The van der Waals surface area contributed by atoms with Crippen molar-refractivity contribution in [3.63, 3.8) is 0 Å². The molecule has 0 aliphatic rings. The number of esters is 2. The minimum Gasteiger partial charge on any atom is -0.469 e. The Hall–Kier alpha value is -3.35. The van der Waals surface area contributed by atoms with Gasteiger partial charge in [0, 0.05) is 34.4 Å². The smallest absolute Gasteiger partial charge is 0.310 e. The number of hydrogen-bond donors (Lipinski definition) is 0. The van der Waals surface area contributed by atoms with Crippen molar-refractivity contribution in [3.8, 4) is 0 Å². The van der Waals surface area contributed by atoms with Crippen LogP contribution in [-0.2, 0) is 38.4 Å². The number of methoxy groups -OCH3 is 1. The van der Waals surface area contributed by atoms with Gasteiger partial charge in [-0.05, 0) is 38.0 Å². The first-order valence-corrected chi connectivity index (χ1v) is 10.2. The molecule has 2 aromatic heterocycles. The maximum absolute atomic E-state index is 12.6. The number of aromatic nitrogens is 1. The molecular formula is C24H27NO6. The van der Waals surface area contributed by atoms with E-state index in [0.29, 0.717) is 12.1 Å². The molecule has 1 aromatic carbocycles. The Labute approximate surface area is 180 Å². The molecule has 7 heteroatoms. The molecule has 0 atom stereocenters. The van der Waals surface area contributed by atoms with Gasteiger partial charge in [-0.25, -0.2) is 0 Å². The quantitative estimate of drug-likeness (QED) is 0.381. The average Bonchev–Trinajstić information content (AvgIpc) is 3.29. The van der Waals surface area contributed by atoms with Gasteiger partial charge in [-0.3, -0.25) is 14.4 Å². The fourth-order valence-corrected chi connectivity index (χ4v) is 3.65. The van der Waals surface area contributed by atoms with E-state index >= 15 is 0 Å². The lowest BCUT2D eigenvalue weighted by Gasteiger charge is -2.09. The van der Waals surface area contributed by atoms with Gasteiger partial charge in [0.2, 0.25) is 5.78 Å². The lowest BCUT2D eigenvalue weighted by molar-refractivity contribution is -0.142. The molecule has 0 saturated heterocycles. The van der Waals surface area contributed by atoms with Crippen LogP contribution in [0.1, 0.15) is 46.2 Å². The van der Waals surface area contributed by atoms with Gasteiger partial charge in [-0.2, -0.15) is 0 Å². The van der Waals surface area contributed by atoms with E-state index in [1.54, 1.807) is 12.3 Å². The second-order valence-electron chi connectivity index (χ2n) is 7.47. The van der Waals surface area contributed by atoms with Gasteiger partial charge in [0.25, 0.3) is 0 Å². The number of nitrogens with zero attached hydrogens (tertiary/aromatic N) is 1. The number of ether oxygens (including phenoxy) is 2. The van der Waals surface area contributed by atoms with E-state index in [-0.39, 0.29) is 31.2 Å². The zero-order valence-corrected chi connectivity index (χ0v) is 18.3. The number of rotatable bonds is 9. The normalized spacial score (nSPS) is 11.0. The summed E-state index contributed by atoms with van der Waals surface area (Å²) in [5, 5.41) is 0.870. The molecule has 0 spiro atoms. The standard InChI is InChI=1S/C24H27NO6/c1-5-17-6-7-19-18(13-30-22(19)11-17)12-24(28)31-14-21(26)20-10-15(2)25(16(20)3)9-8-23(27)29-4/h6-7,10-11,13H,5,8-9,12,14H2,1-4H3. The Balaban J connectivity index is 1.61. The first kappa shape index (κ1) is 22.3. The minimum atomic E-state index is -0.491. The second kappa shape index (κ2) is 9.64. The molecule has 0 saturated carbocycles. The van der Waals surface area contributed by atoms with E-state index in [4.69, 9.17) is 9.15 Å². The van der Waals surface area contributed by atoms with Crippen LogP contribution in [0.25, 0.3) is 11.0 Å². The molecule has 0 radical (unpaired) electrons. The summed E-state index contributed by atoms with van der Waals surface area (Å²) >= 11 is 0. The zero-order valence-electron chi connectivity index (χ0n) is 18.3. The monoisotopic (exact) mass is 425 g/mol. The van der Waals surface area contributed by atoms with Crippen molar-refractivity contribution in [1.82, 2.24) is 4.57 Å². The SMILES string of the molecule is CCc1ccc2c(CC(=O)OCC(=O)c3cc(C)n(CCC(=O)OC)c3C)coc2c1. The maximum atomic E-state index is 12.6. The van der Waals surface area contributed by atoms with Crippen LogP contribution in [-0.4, -0.2) is 36.0 Å². The van der Waals surface area contributed by atoms with Gasteiger partial charge in [0.1, 0.15) is 5.58 Å². The highest BCUT2D eigenvalue weighted by atomic mass is 16.5. The molecule has 0 aliphatic heterocycles. The lowest BCUT2D eigenvalue weighted by Crippen LogP contribution is -2.16. The molecule has 0 aliphatic carbocycles. The van der Waals surface area contributed by atoms with Crippen LogP contribution in [0, 0.1) is 13.8 Å². The molecule has 0 fully saturated rings. The predicted molar refractivity (Wildman–Crippen MR) is 115 cm³/mol. The molecule has 0 unspecified atom stereocenters. The average molecular weight is 425 g/mol. The van der Waals surface area contributed by atoms with Gasteiger partial charge < -0.3 is 18.5 Å². The number of hydrogen-bond acceptors (Lipinski definition) is 6. The number of furan rings is 1. The van der Waals surface area contributed by atoms with Crippen molar-refractivity contribution >= 4 is 28.7 Å². The van der Waals surface area contributed by atoms with Gasteiger partial charge in [0.15, 0.2) is 6.61 Å². The summed E-state index contributed by atoms with van der Waals surface area (Å²) < 4.78 is 17.3. The van der Waals surface area contributed by atoms with Crippen LogP contribution in [0.5, 0.6) is 0 Å². The highest BCUT2D eigenvalue weighted by Crippen LogP contribution is 2.23. The molecule has 0 amide bonds. The molecule has 0 bridgehead atoms. The van der Waals surface area contributed by atoms with Crippen molar-refractivity contribution in [1.29, 1.82) is 0 Å². The van der Waals surface area contributed by atoms with Crippen LogP contribution >= 0.6 is 0 Å². The Morgan fingerprint density at radius 3 is 2.58 bits per heavy atom. The summed E-state index contributed by atoms with van der Waals surface area (Å²) in [4.78, 5) is 36.3. The molecule has 31 heavy (non-hydrogen) atoms. The Morgan fingerprint density at radius 1 is 1.10 bits per heavy atom. The second-order valence-corrected chi connectivity index (χ2v) is 7.47. The number of benzene rings is 1. The number of ketones is 1. The van der Waals surface area contributed by atoms with E-state index in [1.165, 1.54) is 7.11 Å². The van der Waals surface area contributed by atoms with E-state index in [0.717, 1.165) is 39.9 Å². The summed E-state index contributed by atoms with van der Waals surface area (Å²) in [6.07, 6.45) is 2.71. The number of Topliss-reactive ketones (excluding diaryl/α,β-unsaturated/α-hetero) is 1. The van der Waals surface area contributed by atoms with Crippen molar-refractivity contribution in [2.24, 2.45) is 0 Å². The zero-order chi connectivity index (χ0) is 22.5. The highest BCUT2D eigenvalue weighted by molar-refractivity contribution is 5.99. The molecule has 0 N–H and O–H groups in total. The number of fused-ring (bicyclic) bond motifs is 1. The summed E-state index contributed by atoms with van der Waals surface area (Å²) in [5.74, 6) is -1.09. The molecule has 2 heterocycles. The minimum absolute atomic E-state index is 0.0316. The van der Waals surface area contributed by atoms with Crippen LogP contribution in [0.4, 0.5) is 0 Å². The van der Waals surface area contributed by atoms with Crippen LogP contribution in [0.15, 0.2) is 34.9 Å². The predicted octanol–water partition coefficient (Wildman–Crippen LogP) is 3.95. The van der Waals surface area contributed by atoms with Gasteiger partial charge in [-0.15, -0.1) is 0 Å². The van der Waals surface area contributed by atoms with Crippen molar-refractivity contribution in [2.45, 2.75) is 46.6 Å². The summed E-state index contributed by atoms with van der Waals surface area (Å²) in [7, 11) is 1.34. The van der Waals surface area contributed by atoms with Gasteiger partial charge in [0.05, 0.1) is 26.2 Å². The van der Waals surface area contributed by atoms with Gasteiger partial charge in [-0.1, -0.05) is 19.1 Å².